The SMILES string of the molecule is CC1(C(Cc2ccc3c(c2)CCC3)NN)CCCC1. The highest BCUT2D eigenvalue weighted by molar-refractivity contribution is 5.35. The van der Waals surface area contributed by atoms with E-state index in [-0.39, 0.29) is 0 Å². The Labute approximate surface area is 116 Å². The Morgan fingerprint density at radius 2 is 1.89 bits per heavy atom. The van der Waals surface area contributed by atoms with Crippen LogP contribution in [0, 0.1) is 5.41 Å². The summed E-state index contributed by atoms with van der Waals surface area (Å²) in [7, 11) is 0. The van der Waals surface area contributed by atoms with E-state index >= 15 is 0 Å². The molecule has 0 heterocycles. The van der Waals surface area contributed by atoms with Gasteiger partial charge in [-0.2, -0.15) is 0 Å². The second-order valence-corrected chi connectivity index (χ2v) is 6.74. The van der Waals surface area contributed by atoms with Gasteiger partial charge >= 0.3 is 0 Å². The molecule has 0 spiro atoms. The topological polar surface area (TPSA) is 38.0 Å². The Morgan fingerprint density at radius 3 is 2.63 bits per heavy atom. The zero-order valence-corrected chi connectivity index (χ0v) is 12.0. The molecule has 1 aromatic carbocycles. The minimum atomic E-state index is 0.383. The standard InChI is InChI=1S/C17H26N2/c1-17(9-2-3-10-17)16(19-18)12-13-7-8-14-5-4-6-15(14)11-13/h7-8,11,16,19H,2-6,9-10,12,18H2,1H3. The predicted molar refractivity (Wildman–Crippen MR) is 79.9 cm³/mol. The number of fused-ring (bicyclic) bond motifs is 1. The summed E-state index contributed by atoms with van der Waals surface area (Å²) in [6.45, 7) is 2.40. The molecule has 2 nitrogen and oxygen atoms in total. The van der Waals surface area contributed by atoms with Crippen LogP contribution in [0.15, 0.2) is 18.2 Å². The first-order valence-corrected chi connectivity index (χ1v) is 7.78. The zero-order valence-electron chi connectivity index (χ0n) is 12.0. The van der Waals surface area contributed by atoms with Gasteiger partial charge in [-0.05, 0) is 60.6 Å². The second kappa shape index (κ2) is 5.26. The molecule has 2 aliphatic rings. The van der Waals surface area contributed by atoms with Crippen LogP contribution in [0.5, 0.6) is 0 Å². The fourth-order valence-corrected chi connectivity index (χ4v) is 4.03. The first-order valence-electron chi connectivity index (χ1n) is 7.78. The lowest BCUT2D eigenvalue weighted by molar-refractivity contribution is 0.221. The van der Waals surface area contributed by atoms with Crippen LogP contribution in [0.4, 0.5) is 0 Å². The third-order valence-corrected chi connectivity index (χ3v) is 5.39. The molecule has 0 aliphatic heterocycles. The van der Waals surface area contributed by atoms with Crippen LogP contribution < -0.4 is 11.3 Å². The minimum absolute atomic E-state index is 0.383. The summed E-state index contributed by atoms with van der Waals surface area (Å²) in [6.07, 6.45) is 10.3. The summed E-state index contributed by atoms with van der Waals surface area (Å²) in [5.74, 6) is 5.85. The van der Waals surface area contributed by atoms with Gasteiger partial charge in [0, 0.05) is 6.04 Å². The summed E-state index contributed by atoms with van der Waals surface area (Å²) >= 11 is 0. The van der Waals surface area contributed by atoms with Crippen molar-refractivity contribution in [1.29, 1.82) is 0 Å². The van der Waals surface area contributed by atoms with Crippen LogP contribution in [0.3, 0.4) is 0 Å². The maximum absolute atomic E-state index is 5.85. The molecule has 19 heavy (non-hydrogen) atoms. The van der Waals surface area contributed by atoms with E-state index < -0.39 is 0 Å². The molecule has 104 valence electrons. The number of nitrogens with one attached hydrogen (secondary N) is 1. The van der Waals surface area contributed by atoms with Crippen molar-refractivity contribution in [2.24, 2.45) is 11.3 Å². The quantitative estimate of drug-likeness (QED) is 0.643. The van der Waals surface area contributed by atoms with Crippen LogP contribution in [-0.2, 0) is 19.3 Å². The highest BCUT2D eigenvalue weighted by atomic mass is 15.2. The number of hydrogen-bond donors (Lipinski definition) is 2. The van der Waals surface area contributed by atoms with Gasteiger partial charge in [-0.15, -0.1) is 0 Å². The number of benzene rings is 1. The van der Waals surface area contributed by atoms with Gasteiger partial charge in [0.05, 0.1) is 0 Å². The number of nitrogens with two attached hydrogens (primary N) is 1. The molecule has 3 N–H and O–H groups in total. The minimum Gasteiger partial charge on any atom is -0.271 e. The van der Waals surface area contributed by atoms with Gasteiger partial charge in [0.15, 0.2) is 0 Å². The molecule has 1 atom stereocenters. The molecule has 0 aromatic heterocycles. The van der Waals surface area contributed by atoms with Gasteiger partial charge in [-0.25, -0.2) is 0 Å². The lowest BCUT2D eigenvalue weighted by atomic mass is 9.78. The Bertz CT molecular complexity index is 447. The predicted octanol–water partition coefficient (Wildman–Crippen LogP) is 3.13. The number of hydrogen-bond acceptors (Lipinski definition) is 2. The molecule has 1 saturated carbocycles. The zero-order chi connectivity index (χ0) is 13.3. The summed E-state index contributed by atoms with van der Waals surface area (Å²) in [5, 5.41) is 0. The monoisotopic (exact) mass is 258 g/mol. The lowest BCUT2D eigenvalue weighted by Gasteiger charge is -2.33. The molecular formula is C17H26N2. The molecule has 0 radical (unpaired) electrons. The Kier molecular flexibility index (Phi) is 3.64. The Hall–Kier alpha value is -0.860. The van der Waals surface area contributed by atoms with Crippen molar-refractivity contribution in [3.05, 3.63) is 34.9 Å². The van der Waals surface area contributed by atoms with Crippen LogP contribution >= 0.6 is 0 Å². The third kappa shape index (κ3) is 2.56. The van der Waals surface area contributed by atoms with Gasteiger partial charge in [0.25, 0.3) is 0 Å². The van der Waals surface area contributed by atoms with E-state index in [1.807, 2.05) is 0 Å². The van der Waals surface area contributed by atoms with Crippen molar-refractivity contribution < 1.29 is 0 Å². The van der Waals surface area contributed by atoms with E-state index in [2.05, 4.69) is 30.5 Å². The first kappa shape index (κ1) is 13.1. The molecule has 1 aromatic rings. The van der Waals surface area contributed by atoms with Crippen LogP contribution in [0.2, 0.25) is 0 Å². The lowest BCUT2D eigenvalue weighted by Crippen LogP contribution is -2.47. The van der Waals surface area contributed by atoms with E-state index in [1.165, 1.54) is 50.5 Å². The summed E-state index contributed by atoms with van der Waals surface area (Å²) in [4.78, 5) is 0. The molecule has 0 amide bonds. The van der Waals surface area contributed by atoms with Gasteiger partial charge in [0.2, 0.25) is 0 Å². The maximum Gasteiger partial charge on any atom is 0.0304 e. The molecular weight excluding hydrogens is 232 g/mol. The molecule has 2 aliphatic carbocycles. The van der Waals surface area contributed by atoms with E-state index in [0.717, 1.165) is 6.42 Å². The summed E-state index contributed by atoms with van der Waals surface area (Å²) in [5.41, 5.74) is 8.08. The van der Waals surface area contributed by atoms with E-state index in [4.69, 9.17) is 5.84 Å². The maximum atomic E-state index is 5.85. The van der Waals surface area contributed by atoms with Crippen molar-refractivity contribution in [3.63, 3.8) is 0 Å². The molecule has 2 heteroatoms. The van der Waals surface area contributed by atoms with Crippen molar-refractivity contribution in [3.8, 4) is 0 Å². The molecule has 3 rings (SSSR count). The highest BCUT2D eigenvalue weighted by Gasteiger charge is 2.36. The largest absolute Gasteiger partial charge is 0.271 e. The van der Waals surface area contributed by atoms with E-state index in [9.17, 15) is 0 Å². The van der Waals surface area contributed by atoms with Gasteiger partial charge < -0.3 is 0 Å². The normalized spacial score (nSPS) is 22.4. The molecule has 0 bridgehead atoms. The molecule has 1 fully saturated rings. The fourth-order valence-electron chi connectivity index (χ4n) is 4.03. The molecule has 0 saturated heterocycles. The Morgan fingerprint density at radius 1 is 1.16 bits per heavy atom. The summed E-state index contributed by atoms with van der Waals surface area (Å²) < 4.78 is 0. The average molecular weight is 258 g/mol. The third-order valence-electron chi connectivity index (χ3n) is 5.39. The van der Waals surface area contributed by atoms with Gasteiger partial charge in [-0.1, -0.05) is 38.0 Å². The van der Waals surface area contributed by atoms with E-state index in [1.54, 1.807) is 11.1 Å². The molecule has 1 unspecified atom stereocenters. The van der Waals surface area contributed by atoms with Crippen molar-refractivity contribution >= 4 is 0 Å². The van der Waals surface area contributed by atoms with Crippen molar-refractivity contribution in [1.82, 2.24) is 5.43 Å². The number of rotatable bonds is 4. The smallest absolute Gasteiger partial charge is 0.0304 e. The summed E-state index contributed by atoms with van der Waals surface area (Å²) in [6, 6.07) is 7.48. The fraction of sp³-hybridized carbons (Fsp3) is 0.647. The van der Waals surface area contributed by atoms with Crippen molar-refractivity contribution in [2.45, 2.75) is 64.3 Å². The average Bonchev–Trinajstić information content (AvgIpc) is 3.04. The number of hydrazine groups is 1. The first-order chi connectivity index (χ1) is 9.21. The highest BCUT2D eigenvalue weighted by Crippen LogP contribution is 2.41. The van der Waals surface area contributed by atoms with Crippen LogP contribution in [0.25, 0.3) is 0 Å². The Balaban J connectivity index is 1.75. The van der Waals surface area contributed by atoms with Crippen molar-refractivity contribution in [2.75, 3.05) is 0 Å². The number of aryl methyl sites for hydroxylation is 2. The van der Waals surface area contributed by atoms with E-state index in [0.29, 0.717) is 11.5 Å². The van der Waals surface area contributed by atoms with Crippen LogP contribution in [0.1, 0.15) is 55.7 Å². The second-order valence-electron chi connectivity index (χ2n) is 6.74. The van der Waals surface area contributed by atoms with Crippen LogP contribution in [-0.4, -0.2) is 6.04 Å². The van der Waals surface area contributed by atoms with Gasteiger partial charge in [-0.3, -0.25) is 11.3 Å². The van der Waals surface area contributed by atoms with Gasteiger partial charge in [0.1, 0.15) is 0 Å².